The zero-order chi connectivity index (χ0) is 13.8. The number of hydrogen-bond acceptors (Lipinski definition) is 7. The van der Waals surface area contributed by atoms with E-state index in [0.29, 0.717) is 24.8 Å². The highest BCUT2D eigenvalue weighted by atomic mass is 16.5. The minimum Gasteiger partial charge on any atom is -0.490 e. The number of hydrogen-bond donors (Lipinski definition) is 3. The summed E-state index contributed by atoms with van der Waals surface area (Å²) in [4.78, 5) is 8.27. The van der Waals surface area contributed by atoms with Gasteiger partial charge in [0.1, 0.15) is 0 Å². The largest absolute Gasteiger partial charge is 0.490 e. The van der Waals surface area contributed by atoms with E-state index < -0.39 is 0 Å². The van der Waals surface area contributed by atoms with E-state index in [-0.39, 0.29) is 0 Å². The van der Waals surface area contributed by atoms with Crippen LogP contribution in [0.5, 0.6) is 11.5 Å². The molecule has 7 nitrogen and oxygen atoms in total. The number of nitrogens with two attached hydrogens (primary N) is 1. The zero-order valence-corrected chi connectivity index (χ0v) is 10.8. The van der Waals surface area contributed by atoms with Crippen molar-refractivity contribution in [2.45, 2.75) is 6.42 Å². The third-order valence-corrected chi connectivity index (χ3v) is 2.80. The van der Waals surface area contributed by atoms with Crippen LogP contribution in [0.25, 0.3) is 0 Å². The van der Waals surface area contributed by atoms with Gasteiger partial charge in [-0.3, -0.25) is 4.98 Å². The topological polar surface area (TPSA) is 94.3 Å². The molecule has 2 aromatic rings. The quantitative estimate of drug-likeness (QED) is 0.578. The predicted molar refractivity (Wildman–Crippen MR) is 75.2 cm³/mol. The molecular formula is C13H15N5O2. The Balaban J connectivity index is 1.82. The predicted octanol–water partition coefficient (Wildman–Crippen LogP) is 1.67. The maximum Gasteiger partial charge on any atom is 0.163 e. The lowest BCUT2D eigenvalue weighted by molar-refractivity contribution is 0.297. The number of ether oxygens (including phenoxy) is 2. The summed E-state index contributed by atoms with van der Waals surface area (Å²) in [5, 5.41) is 3.14. The first kappa shape index (κ1) is 12.5. The Morgan fingerprint density at radius 3 is 2.70 bits per heavy atom. The first-order chi connectivity index (χ1) is 9.85. The number of nitrogens with one attached hydrogen (secondary N) is 2. The zero-order valence-electron chi connectivity index (χ0n) is 10.8. The number of anilines is 3. The van der Waals surface area contributed by atoms with Gasteiger partial charge in [0.2, 0.25) is 0 Å². The molecule has 0 atom stereocenters. The van der Waals surface area contributed by atoms with E-state index in [9.17, 15) is 0 Å². The Morgan fingerprint density at radius 1 is 1.05 bits per heavy atom. The Labute approximate surface area is 116 Å². The van der Waals surface area contributed by atoms with Gasteiger partial charge in [0.05, 0.1) is 25.6 Å². The molecule has 1 aliphatic rings. The van der Waals surface area contributed by atoms with Gasteiger partial charge >= 0.3 is 0 Å². The molecule has 0 radical (unpaired) electrons. The second-order valence-electron chi connectivity index (χ2n) is 4.27. The minimum absolute atomic E-state index is 0.490. The Bertz CT molecular complexity index is 605. The van der Waals surface area contributed by atoms with Gasteiger partial charge < -0.3 is 20.2 Å². The Morgan fingerprint density at radius 2 is 1.85 bits per heavy atom. The fourth-order valence-corrected chi connectivity index (χ4v) is 1.88. The Kier molecular flexibility index (Phi) is 3.51. The van der Waals surface area contributed by atoms with Gasteiger partial charge in [0, 0.05) is 18.2 Å². The first-order valence-electron chi connectivity index (χ1n) is 6.30. The van der Waals surface area contributed by atoms with Gasteiger partial charge in [-0.05, 0) is 12.1 Å². The first-order valence-corrected chi connectivity index (χ1v) is 6.30. The van der Waals surface area contributed by atoms with Gasteiger partial charge in [-0.1, -0.05) is 0 Å². The third kappa shape index (κ3) is 2.72. The highest BCUT2D eigenvalue weighted by Crippen LogP contribution is 2.33. The summed E-state index contributed by atoms with van der Waals surface area (Å²) in [7, 11) is 0. The Hall–Kier alpha value is -2.54. The van der Waals surface area contributed by atoms with Crippen molar-refractivity contribution in [1.82, 2.24) is 9.97 Å². The van der Waals surface area contributed by atoms with Crippen LogP contribution in [-0.4, -0.2) is 23.2 Å². The summed E-state index contributed by atoms with van der Waals surface area (Å²) in [6.07, 6.45) is 4.04. The molecule has 3 rings (SSSR count). The molecule has 1 aromatic heterocycles. The van der Waals surface area contributed by atoms with E-state index in [1.807, 2.05) is 18.2 Å². The van der Waals surface area contributed by atoms with Crippen molar-refractivity contribution < 1.29 is 9.47 Å². The number of fused-ring (bicyclic) bond motifs is 1. The molecule has 0 saturated carbocycles. The lowest BCUT2D eigenvalue weighted by Crippen LogP contribution is -2.09. The average Bonchev–Trinajstić information content (AvgIpc) is 2.72. The second-order valence-corrected chi connectivity index (χ2v) is 4.27. The van der Waals surface area contributed by atoms with Crippen LogP contribution >= 0.6 is 0 Å². The number of aromatic nitrogens is 2. The lowest BCUT2D eigenvalue weighted by Gasteiger charge is -2.11. The summed E-state index contributed by atoms with van der Waals surface area (Å²) < 4.78 is 11.2. The number of rotatable bonds is 3. The van der Waals surface area contributed by atoms with E-state index in [0.717, 1.165) is 23.6 Å². The number of nitrogen functional groups attached to an aromatic ring is 1. The fourth-order valence-electron chi connectivity index (χ4n) is 1.88. The van der Waals surface area contributed by atoms with Crippen molar-refractivity contribution in [3.05, 3.63) is 30.6 Å². The van der Waals surface area contributed by atoms with Crippen molar-refractivity contribution in [1.29, 1.82) is 0 Å². The van der Waals surface area contributed by atoms with Crippen molar-refractivity contribution in [2.24, 2.45) is 5.84 Å². The van der Waals surface area contributed by atoms with Gasteiger partial charge in [0.25, 0.3) is 0 Å². The normalized spacial score (nSPS) is 13.4. The summed E-state index contributed by atoms with van der Waals surface area (Å²) >= 11 is 0. The van der Waals surface area contributed by atoms with Gasteiger partial charge in [-0.25, -0.2) is 10.8 Å². The summed E-state index contributed by atoms with van der Waals surface area (Å²) in [6, 6.07) is 5.66. The average molecular weight is 273 g/mol. The molecule has 2 heterocycles. The third-order valence-electron chi connectivity index (χ3n) is 2.80. The molecule has 0 aliphatic carbocycles. The maximum atomic E-state index is 5.64. The van der Waals surface area contributed by atoms with Crippen LogP contribution in [0.1, 0.15) is 6.42 Å². The standard InChI is InChI=1S/C13H15N5O2/c14-18-13-8-15-7-12(17-13)16-9-2-3-10-11(6-9)20-5-1-4-19-10/h2-3,6-8H,1,4-5,14H2,(H2,16,17,18). The number of nitrogens with zero attached hydrogens (tertiary/aromatic N) is 2. The summed E-state index contributed by atoms with van der Waals surface area (Å²) in [6.45, 7) is 1.33. The fraction of sp³-hybridized carbons (Fsp3) is 0.231. The van der Waals surface area contributed by atoms with E-state index in [4.69, 9.17) is 15.3 Å². The van der Waals surface area contributed by atoms with Crippen LogP contribution in [0.15, 0.2) is 30.6 Å². The van der Waals surface area contributed by atoms with Crippen LogP contribution in [0, 0.1) is 0 Å². The van der Waals surface area contributed by atoms with Gasteiger partial charge in [-0.15, -0.1) is 0 Å². The molecule has 0 fully saturated rings. The molecule has 0 unspecified atom stereocenters. The van der Waals surface area contributed by atoms with E-state index in [2.05, 4.69) is 20.7 Å². The maximum absolute atomic E-state index is 5.64. The SMILES string of the molecule is NNc1cncc(Nc2ccc3c(c2)OCCCO3)n1. The van der Waals surface area contributed by atoms with E-state index in [1.54, 1.807) is 12.4 Å². The van der Waals surface area contributed by atoms with Crippen molar-refractivity contribution in [3.8, 4) is 11.5 Å². The lowest BCUT2D eigenvalue weighted by atomic mass is 10.2. The molecule has 0 bridgehead atoms. The monoisotopic (exact) mass is 273 g/mol. The molecule has 1 aliphatic heterocycles. The van der Waals surface area contributed by atoms with Gasteiger partial charge in [-0.2, -0.15) is 0 Å². The molecular weight excluding hydrogens is 258 g/mol. The van der Waals surface area contributed by atoms with Crippen molar-refractivity contribution in [2.75, 3.05) is 24.0 Å². The van der Waals surface area contributed by atoms with Crippen LogP contribution in [0.3, 0.4) is 0 Å². The molecule has 1 aromatic carbocycles. The molecule has 0 spiro atoms. The van der Waals surface area contributed by atoms with Crippen LogP contribution < -0.4 is 26.1 Å². The molecule has 20 heavy (non-hydrogen) atoms. The van der Waals surface area contributed by atoms with Crippen LogP contribution in [0.2, 0.25) is 0 Å². The summed E-state index contributed by atoms with van der Waals surface area (Å²) in [5.74, 6) is 7.88. The van der Waals surface area contributed by atoms with Crippen molar-refractivity contribution in [3.63, 3.8) is 0 Å². The smallest absolute Gasteiger partial charge is 0.163 e. The van der Waals surface area contributed by atoms with Crippen LogP contribution in [-0.2, 0) is 0 Å². The highest BCUT2D eigenvalue weighted by Gasteiger charge is 2.11. The molecule has 0 amide bonds. The molecule has 104 valence electrons. The minimum atomic E-state index is 0.490. The van der Waals surface area contributed by atoms with E-state index in [1.165, 1.54) is 0 Å². The van der Waals surface area contributed by atoms with E-state index >= 15 is 0 Å². The molecule has 4 N–H and O–H groups in total. The molecule has 7 heteroatoms. The van der Waals surface area contributed by atoms with Gasteiger partial charge in [0.15, 0.2) is 23.1 Å². The number of benzene rings is 1. The van der Waals surface area contributed by atoms with Crippen LogP contribution in [0.4, 0.5) is 17.3 Å². The second kappa shape index (κ2) is 5.62. The molecule has 0 saturated heterocycles. The van der Waals surface area contributed by atoms with Crippen molar-refractivity contribution >= 4 is 17.3 Å². The highest BCUT2D eigenvalue weighted by molar-refractivity contribution is 5.61. The number of hydrazine groups is 1. The summed E-state index contributed by atoms with van der Waals surface area (Å²) in [5.41, 5.74) is 3.30.